The molecule has 0 amide bonds. The van der Waals surface area contributed by atoms with Crippen molar-refractivity contribution < 1.29 is 5.11 Å². The number of hydrogen-bond donors (Lipinski definition) is 1. The van der Waals surface area contributed by atoms with Gasteiger partial charge in [0.2, 0.25) is 0 Å². The van der Waals surface area contributed by atoms with Crippen molar-refractivity contribution in [1.82, 2.24) is 4.57 Å². The lowest BCUT2D eigenvalue weighted by Crippen LogP contribution is -1.92. The van der Waals surface area contributed by atoms with Gasteiger partial charge in [-0.15, -0.1) is 0 Å². The molecule has 1 heterocycles. The Balaban J connectivity index is 2.29. The fraction of sp³-hybridized carbons (Fsp3) is 0.200. The van der Waals surface area contributed by atoms with E-state index < -0.39 is 0 Å². The molecule has 2 heteroatoms. The minimum absolute atomic E-state index is 0.387. The Bertz CT molecular complexity index is 722. The molecule has 0 bridgehead atoms. The first-order chi connectivity index (χ1) is 8.36. The summed E-state index contributed by atoms with van der Waals surface area (Å²) >= 11 is 0. The van der Waals surface area contributed by atoms with Gasteiger partial charge in [0.05, 0.1) is 5.52 Å². The quantitative estimate of drug-likeness (QED) is 0.666. The number of nitrogens with zero attached hydrogens (tertiary/aromatic N) is 1. The Kier molecular flexibility index (Phi) is 1.63. The van der Waals surface area contributed by atoms with Crippen molar-refractivity contribution >= 4 is 21.8 Å². The molecule has 0 spiro atoms. The standard InChI is InChI=1S/C15H13NO/c17-14-7-3-6-13-15(14)11-4-1-2-5-12(11)16(13)10-8-9-10/h1-7,10,17H,8-9H2. The Labute approximate surface area is 99.1 Å². The monoisotopic (exact) mass is 223 g/mol. The van der Waals surface area contributed by atoms with Gasteiger partial charge >= 0.3 is 0 Å². The van der Waals surface area contributed by atoms with E-state index in [9.17, 15) is 5.11 Å². The van der Waals surface area contributed by atoms with Crippen LogP contribution in [0.15, 0.2) is 42.5 Å². The van der Waals surface area contributed by atoms with Crippen molar-refractivity contribution in [3.05, 3.63) is 42.5 Å². The van der Waals surface area contributed by atoms with Crippen LogP contribution in [-0.4, -0.2) is 9.67 Å². The molecule has 1 aromatic heterocycles. The third-order valence-corrected chi connectivity index (χ3v) is 3.62. The Hall–Kier alpha value is -1.96. The number of phenolic OH excluding ortho intramolecular Hbond substituents is 1. The average Bonchev–Trinajstić information content (AvgIpc) is 3.11. The van der Waals surface area contributed by atoms with Crippen LogP contribution in [0.4, 0.5) is 0 Å². The van der Waals surface area contributed by atoms with Gasteiger partial charge in [0, 0.05) is 22.3 Å². The molecule has 1 saturated carbocycles. The molecule has 0 atom stereocenters. The molecule has 0 radical (unpaired) electrons. The van der Waals surface area contributed by atoms with E-state index in [0.29, 0.717) is 11.8 Å². The zero-order valence-electron chi connectivity index (χ0n) is 9.43. The minimum Gasteiger partial charge on any atom is -0.507 e. The number of aromatic nitrogens is 1. The number of para-hydroxylation sites is 1. The van der Waals surface area contributed by atoms with Crippen LogP contribution in [-0.2, 0) is 0 Å². The molecule has 84 valence electrons. The van der Waals surface area contributed by atoms with Crippen molar-refractivity contribution in [3.8, 4) is 5.75 Å². The maximum Gasteiger partial charge on any atom is 0.125 e. The van der Waals surface area contributed by atoms with Gasteiger partial charge in [-0.1, -0.05) is 24.3 Å². The lowest BCUT2D eigenvalue weighted by molar-refractivity contribution is 0.482. The van der Waals surface area contributed by atoms with Gasteiger partial charge < -0.3 is 9.67 Å². The first-order valence-corrected chi connectivity index (χ1v) is 6.07. The summed E-state index contributed by atoms with van der Waals surface area (Å²) in [6.45, 7) is 0. The van der Waals surface area contributed by atoms with Crippen LogP contribution in [0.2, 0.25) is 0 Å². The summed E-state index contributed by atoms with van der Waals surface area (Å²) in [5, 5.41) is 12.2. The number of rotatable bonds is 1. The number of fused-ring (bicyclic) bond motifs is 3. The van der Waals surface area contributed by atoms with E-state index in [1.54, 1.807) is 6.07 Å². The fourth-order valence-corrected chi connectivity index (χ4v) is 2.76. The highest BCUT2D eigenvalue weighted by molar-refractivity contribution is 6.11. The third kappa shape index (κ3) is 1.15. The Morgan fingerprint density at radius 3 is 2.53 bits per heavy atom. The summed E-state index contributed by atoms with van der Waals surface area (Å²) in [4.78, 5) is 0. The first kappa shape index (κ1) is 9.11. The van der Waals surface area contributed by atoms with Crippen molar-refractivity contribution in [2.75, 3.05) is 0 Å². The van der Waals surface area contributed by atoms with Crippen molar-refractivity contribution in [1.29, 1.82) is 0 Å². The molecule has 0 unspecified atom stereocenters. The van der Waals surface area contributed by atoms with Gasteiger partial charge in [-0.05, 0) is 31.0 Å². The van der Waals surface area contributed by atoms with Gasteiger partial charge in [-0.3, -0.25) is 0 Å². The van der Waals surface area contributed by atoms with E-state index in [-0.39, 0.29) is 0 Å². The van der Waals surface area contributed by atoms with Crippen LogP contribution >= 0.6 is 0 Å². The van der Waals surface area contributed by atoms with Crippen LogP contribution in [0.3, 0.4) is 0 Å². The van der Waals surface area contributed by atoms with Crippen molar-refractivity contribution in [2.24, 2.45) is 0 Å². The molecule has 0 aliphatic heterocycles. The second-order valence-corrected chi connectivity index (χ2v) is 4.79. The van der Waals surface area contributed by atoms with E-state index >= 15 is 0 Å². The normalized spacial score (nSPS) is 15.8. The molecule has 0 saturated heterocycles. The van der Waals surface area contributed by atoms with Crippen LogP contribution in [0.5, 0.6) is 5.75 Å². The van der Waals surface area contributed by atoms with E-state index in [4.69, 9.17) is 0 Å². The van der Waals surface area contributed by atoms with Gasteiger partial charge in [0.25, 0.3) is 0 Å². The van der Waals surface area contributed by atoms with Gasteiger partial charge in [-0.2, -0.15) is 0 Å². The van der Waals surface area contributed by atoms with Crippen LogP contribution in [0, 0.1) is 0 Å². The summed E-state index contributed by atoms with van der Waals surface area (Å²) in [6.07, 6.45) is 2.51. The van der Waals surface area contributed by atoms with Gasteiger partial charge in [0.15, 0.2) is 0 Å². The highest BCUT2D eigenvalue weighted by Gasteiger charge is 2.27. The predicted molar refractivity (Wildman–Crippen MR) is 69.4 cm³/mol. The second kappa shape index (κ2) is 3.04. The molecule has 1 fully saturated rings. The number of benzene rings is 2. The maximum absolute atomic E-state index is 10.1. The molecule has 2 nitrogen and oxygen atoms in total. The third-order valence-electron chi connectivity index (χ3n) is 3.62. The van der Waals surface area contributed by atoms with E-state index in [2.05, 4.69) is 28.8 Å². The zero-order chi connectivity index (χ0) is 11.4. The topological polar surface area (TPSA) is 25.2 Å². The highest BCUT2D eigenvalue weighted by Crippen LogP contribution is 2.44. The van der Waals surface area contributed by atoms with E-state index in [1.165, 1.54) is 18.4 Å². The first-order valence-electron chi connectivity index (χ1n) is 6.07. The SMILES string of the molecule is Oc1cccc2c1c1ccccc1n2C1CC1. The van der Waals surface area contributed by atoms with Crippen LogP contribution in [0.1, 0.15) is 18.9 Å². The van der Waals surface area contributed by atoms with Crippen LogP contribution < -0.4 is 0 Å². The lowest BCUT2D eigenvalue weighted by atomic mass is 10.1. The Morgan fingerprint density at radius 1 is 0.941 bits per heavy atom. The molecule has 2 aromatic carbocycles. The van der Waals surface area contributed by atoms with Gasteiger partial charge in [-0.25, -0.2) is 0 Å². The highest BCUT2D eigenvalue weighted by atomic mass is 16.3. The van der Waals surface area contributed by atoms with E-state index in [1.807, 2.05) is 12.1 Å². The van der Waals surface area contributed by atoms with Crippen molar-refractivity contribution in [3.63, 3.8) is 0 Å². The zero-order valence-corrected chi connectivity index (χ0v) is 9.43. The summed E-state index contributed by atoms with van der Waals surface area (Å²) in [6, 6.07) is 14.8. The molecule has 1 aliphatic carbocycles. The molecule has 4 rings (SSSR count). The molecule has 3 aromatic rings. The molecule has 17 heavy (non-hydrogen) atoms. The van der Waals surface area contributed by atoms with Crippen molar-refractivity contribution in [2.45, 2.75) is 18.9 Å². The molecular formula is C15H13NO. The second-order valence-electron chi connectivity index (χ2n) is 4.79. The summed E-state index contributed by atoms with van der Waals surface area (Å²) < 4.78 is 2.38. The molecule has 1 N–H and O–H groups in total. The fourth-order valence-electron chi connectivity index (χ4n) is 2.76. The lowest BCUT2D eigenvalue weighted by Gasteiger charge is -2.04. The largest absolute Gasteiger partial charge is 0.507 e. The average molecular weight is 223 g/mol. The molecule has 1 aliphatic rings. The minimum atomic E-state index is 0.387. The van der Waals surface area contributed by atoms with Gasteiger partial charge in [0.1, 0.15) is 5.75 Å². The van der Waals surface area contributed by atoms with E-state index in [0.717, 1.165) is 16.3 Å². The Morgan fingerprint density at radius 2 is 1.71 bits per heavy atom. The van der Waals surface area contributed by atoms with Crippen LogP contribution in [0.25, 0.3) is 21.8 Å². The summed E-state index contributed by atoms with van der Waals surface area (Å²) in [7, 11) is 0. The summed E-state index contributed by atoms with van der Waals surface area (Å²) in [5.74, 6) is 0.387. The smallest absolute Gasteiger partial charge is 0.125 e. The number of hydrogen-bond acceptors (Lipinski definition) is 1. The maximum atomic E-state index is 10.1. The summed E-state index contributed by atoms with van der Waals surface area (Å²) in [5.41, 5.74) is 2.40. The number of aromatic hydroxyl groups is 1. The molecular weight excluding hydrogens is 210 g/mol. The number of phenols is 1. The predicted octanol–water partition coefficient (Wildman–Crippen LogP) is 3.84.